The summed E-state index contributed by atoms with van der Waals surface area (Å²) in [7, 11) is 0. The number of H-pyrrole nitrogens is 2. The highest BCUT2D eigenvalue weighted by Gasteiger charge is 2.23. The van der Waals surface area contributed by atoms with Gasteiger partial charge in [-0.15, -0.1) is 0 Å². The lowest BCUT2D eigenvalue weighted by atomic mass is 10.1. The summed E-state index contributed by atoms with van der Waals surface area (Å²) < 4.78 is 0. The first-order valence-electron chi connectivity index (χ1n) is 8.75. The highest BCUT2D eigenvalue weighted by Crippen LogP contribution is 2.35. The van der Waals surface area contributed by atoms with Gasteiger partial charge in [-0.3, -0.25) is 5.10 Å². The molecule has 1 atom stereocenters. The molecular formula is C19H21N7S. The first kappa shape index (κ1) is 17.4. The van der Waals surface area contributed by atoms with Gasteiger partial charge in [0.1, 0.15) is 11.5 Å². The van der Waals surface area contributed by atoms with Gasteiger partial charge in [0.15, 0.2) is 5.82 Å². The van der Waals surface area contributed by atoms with Crippen LogP contribution < -0.4 is 10.6 Å². The van der Waals surface area contributed by atoms with Gasteiger partial charge >= 0.3 is 0 Å². The Morgan fingerprint density at radius 3 is 2.89 bits per heavy atom. The average Bonchev–Trinajstić information content (AvgIpc) is 3.36. The van der Waals surface area contributed by atoms with Crippen LogP contribution in [0.25, 0.3) is 11.0 Å². The van der Waals surface area contributed by atoms with E-state index < -0.39 is 0 Å². The molecule has 1 aliphatic carbocycles. The second-order valence-corrected chi connectivity index (χ2v) is 6.63. The zero-order valence-electron chi connectivity index (χ0n) is 14.9. The van der Waals surface area contributed by atoms with Crippen LogP contribution in [0.2, 0.25) is 0 Å². The Morgan fingerprint density at radius 1 is 1.15 bits per heavy atom. The van der Waals surface area contributed by atoms with Crippen molar-refractivity contribution in [1.29, 1.82) is 0 Å². The predicted molar refractivity (Wildman–Crippen MR) is 112 cm³/mol. The monoisotopic (exact) mass is 379 g/mol. The lowest BCUT2D eigenvalue weighted by molar-refractivity contribution is 0.758. The highest BCUT2D eigenvalue weighted by atomic mass is 32.1. The first-order valence-corrected chi connectivity index (χ1v) is 8.75. The molecule has 27 heavy (non-hydrogen) atoms. The van der Waals surface area contributed by atoms with Crippen LogP contribution in [0.4, 0.5) is 17.6 Å². The van der Waals surface area contributed by atoms with E-state index in [1.54, 1.807) is 0 Å². The van der Waals surface area contributed by atoms with Crippen LogP contribution in [0.5, 0.6) is 0 Å². The molecule has 0 bridgehead atoms. The van der Waals surface area contributed by atoms with Crippen molar-refractivity contribution in [3.05, 3.63) is 59.4 Å². The summed E-state index contributed by atoms with van der Waals surface area (Å²) in [6.07, 6.45) is 4.04. The topological polar surface area (TPSA) is 94.3 Å². The van der Waals surface area contributed by atoms with Crippen molar-refractivity contribution < 1.29 is 0 Å². The van der Waals surface area contributed by atoms with Crippen LogP contribution in [0.1, 0.15) is 29.3 Å². The van der Waals surface area contributed by atoms with Crippen LogP contribution in [0, 0.1) is 6.92 Å². The molecule has 1 aliphatic rings. The SMILES string of the molecule is Cc1cc(Nc2nc(N[C@H]3CCc4ccccc43)c3cc[nH]c3n2)n[nH]1.S. The summed E-state index contributed by atoms with van der Waals surface area (Å²) in [6.45, 7) is 1.96. The van der Waals surface area contributed by atoms with Crippen LogP contribution >= 0.6 is 13.5 Å². The van der Waals surface area contributed by atoms with Gasteiger partial charge < -0.3 is 15.6 Å². The molecule has 1 aromatic carbocycles. The third-order valence-electron chi connectivity index (χ3n) is 4.81. The number of aryl methyl sites for hydroxylation is 2. The Kier molecular flexibility index (Phi) is 4.49. The number of hydrogen-bond donors (Lipinski definition) is 4. The van der Waals surface area contributed by atoms with Crippen molar-refractivity contribution in [1.82, 2.24) is 25.1 Å². The Hall–Kier alpha value is -3.00. The maximum atomic E-state index is 4.71. The molecule has 7 nitrogen and oxygen atoms in total. The number of aromatic nitrogens is 5. The van der Waals surface area contributed by atoms with E-state index in [1.165, 1.54) is 11.1 Å². The third kappa shape index (κ3) is 3.23. The van der Waals surface area contributed by atoms with E-state index >= 15 is 0 Å². The van der Waals surface area contributed by atoms with Crippen LogP contribution in [-0.2, 0) is 6.42 Å². The maximum Gasteiger partial charge on any atom is 0.232 e. The molecule has 0 aliphatic heterocycles. The van der Waals surface area contributed by atoms with E-state index in [4.69, 9.17) is 4.98 Å². The number of benzene rings is 1. The maximum absolute atomic E-state index is 4.71. The van der Waals surface area contributed by atoms with Crippen molar-refractivity contribution in [3.63, 3.8) is 0 Å². The van der Waals surface area contributed by atoms with E-state index in [1.807, 2.05) is 25.3 Å². The number of nitrogens with one attached hydrogen (secondary N) is 4. The van der Waals surface area contributed by atoms with Crippen molar-refractivity contribution in [2.75, 3.05) is 10.6 Å². The largest absolute Gasteiger partial charge is 0.363 e. The lowest BCUT2D eigenvalue weighted by Crippen LogP contribution is -2.10. The Bertz CT molecular complexity index is 1080. The van der Waals surface area contributed by atoms with E-state index in [9.17, 15) is 0 Å². The number of anilines is 3. The molecule has 0 radical (unpaired) electrons. The molecule has 8 heteroatoms. The van der Waals surface area contributed by atoms with Crippen molar-refractivity contribution in [2.45, 2.75) is 25.8 Å². The highest BCUT2D eigenvalue weighted by molar-refractivity contribution is 7.59. The molecule has 138 valence electrons. The summed E-state index contributed by atoms with van der Waals surface area (Å²) in [4.78, 5) is 12.4. The van der Waals surface area contributed by atoms with Crippen molar-refractivity contribution in [2.24, 2.45) is 0 Å². The first-order chi connectivity index (χ1) is 12.8. The summed E-state index contributed by atoms with van der Waals surface area (Å²) >= 11 is 0. The molecule has 0 amide bonds. The molecule has 4 N–H and O–H groups in total. The number of nitrogens with zero attached hydrogens (tertiary/aromatic N) is 3. The van der Waals surface area contributed by atoms with Crippen LogP contribution in [0.15, 0.2) is 42.6 Å². The fraction of sp³-hybridized carbons (Fsp3) is 0.211. The van der Waals surface area contributed by atoms with Gasteiger partial charge in [0.2, 0.25) is 5.95 Å². The van der Waals surface area contributed by atoms with E-state index in [0.29, 0.717) is 11.8 Å². The average molecular weight is 379 g/mol. The minimum atomic E-state index is 0. The number of hydrogen-bond acceptors (Lipinski definition) is 5. The zero-order chi connectivity index (χ0) is 17.5. The number of aromatic amines is 2. The number of rotatable bonds is 4. The van der Waals surface area contributed by atoms with Crippen LogP contribution in [-0.4, -0.2) is 25.1 Å². The summed E-state index contributed by atoms with van der Waals surface area (Å²) in [5.74, 6) is 2.04. The van der Waals surface area contributed by atoms with Gasteiger partial charge in [-0.1, -0.05) is 24.3 Å². The van der Waals surface area contributed by atoms with E-state index in [0.717, 1.165) is 35.4 Å². The summed E-state index contributed by atoms with van der Waals surface area (Å²) in [5, 5.41) is 14.9. The van der Waals surface area contributed by atoms with Gasteiger partial charge in [-0.05, 0) is 37.0 Å². The molecule has 0 saturated heterocycles. The molecule has 0 saturated carbocycles. The van der Waals surface area contributed by atoms with Gasteiger partial charge in [0, 0.05) is 18.0 Å². The van der Waals surface area contributed by atoms with Gasteiger partial charge in [-0.25, -0.2) is 0 Å². The smallest absolute Gasteiger partial charge is 0.232 e. The Labute approximate surface area is 163 Å². The van der Waals surface area contributed by atoms with Crippen molar-refractivity contribution in [3.8, 4) is 0 Å². The summed E-state index contributed by atoms with van der Waals surface area (Å²) in [5.41, 5.74) is 4.54. The molecule has 0 fully saturated rings. The second kappa shape index (κ2) is 6.96. The molecule has 3 aromatic heterocycles. The molecule has 0 unspecified atom stereocenters. The van der Waals surface area contributed by atoms with Crippen LogP contribution in [0.3, 0.4) is 0 Å². The predicted octanol–water partition coefficient (Wildman–Crippen LogP) is 3.95. The fourth-order valence-corrected chi connectivity index (χ4v) is 3.58. The second-order valence-electron chi connectivity index (χ2n) is 6.63. The minimum absolute atomic E-state index is 0. The zero-order valence-corrected chi connectivity index (χ0v) is 15.9. The molecule has 5 rings (SSSR count). The molecule has 4 aromatic rings. The lowest BCUT2D eigenvalue weighted by Gasteiger charge is -2.16. The quantitative estimate of drug-likeness (QED) is 0.431. The summed E-state index contributed by atoms with van der Waals surface area (Å²) in [6, 6.07) is 12.8. The standard InChI is InChI=1S/C19H19N7.H2S/c1-11-10-16(26-25-11)22-19-23-17-14(8-9-20-17)18(24-19)21-15-7-6-12-4-2-3-5-13(12)15;/h2-5,8-10,15H,6-7H2,1H3,(H4,20,21,22,23,24,25,26);1H2/t15-;/m0./s1. The molecule has 3 heterocycles. The third-order valence-corrected chi connectivity index (χ3v) is 4.81. The van der Waals surface area contributed by atoms with E-state index in [2.05, 4.69) is 55.1 Å². The van der Waals surface area contributed by atoms with E-state index in [-0.39, 0.29) is 19.5 Å². The van der Waals surface area contributed by atoms with Gasteiger partial charge in [0.05, 0.1) is 11.4 Å². The van der Waals surface area contributed by atoms with Crippen molar-refractivity contribution >= 4 is 42.1 Å². The van der Waals surface area contributed by atoms with Gasteiger partial charge in [-0.2, -0.15) is 28.6 Å². The molecular weight excluding hydrogens is 358 g/mol. The number of fused-ring (bicyclic) bond motifs is 2. The molecule has 0 spiro atoms. The Morgan fingerprint density at radius 2 is 2.04 bits per heavy atom. The fourth-order valence-electron chi connectivity index (χ4n) is 3.58. The Balaban J connectivity index is 0.00000180. The minimum Gasteiger partial charge on any atom is -0.363 e. The normalized spacial score (nSPS) is 15.4. The van der Waals surface area contributed by atoms with Gasteiger partial charge in [0.25, 0.3) is 0 Å².